The molecular formula is C25H24N4O5S. The summed E-state index contributed by atoms with van der Waals surface area (Å²) in [5, 5.41) is 12.3. The summed E-state index contributed by atoms with van der Waals surface area (Å²) in [5.41, 5.74) is 0.856. The number of carbonyl (C=O) groups excluding carboxylic acids is 1. The van der Waals surface area contributed by atoms with E-state index in [9.17, 15) is 4.79 Å². The van der Waals surface area contributed by atoms with E-state index < -0.39 is 0 Å². The molecule has 5 rings (SSSR count). The number of ether oxygens (including phenoxy) is 3. The predicted octanol–water partition coefficient (Wildman–Crippen LogP) is 3.64. The molecule has 1 atom stereocenters. The number of thioether (sulfide) groups is 1. The Morgan fingerprint density at radius 3 is 2.86 bits per heavy atom. The number of amides is 1. The normalized spacial score (nSPS) is 14.5. The van der Waals surface area contributed by atoms with Crippen molar-refractivity contribution in [3.63, 3.8) is 0 Å². The van der Waals surface area contributed by atoms with Gasteiger partial charge in [-0.25, -0.2) is 0 Å². The molecule has 0 bridgehead atoms. The summed E-state index contributed by atoms with van der Waals surface area (Å²) in [6, 6.07) is 18.8. The molecule has 1 N–H and O–H groups in total. The first-order valence-corrected chi connectivity index (χ1v) is 12.1. The molecule has 1 aliphatic rings. The van der Waals surface area contributed by atoms with Gasteiger partial charge in [0.25, 0.3) is 0 Å². The number of nitrogens with one attached hydrogen (secondary N) is 1. The van der Waals surface area contributed by atoms with Gasteiger partial charge in [-0.1, -0.05) is 36.0 Å². The molecule has 0 radical (unpaired) electrons. The Hall–Kier alpha value is -3.92. The highest BCUT2D eigenvalue weighted by molar-refractivity contribution is 7.99. The molecule has 0 fully saturated rings. The highest BCUT2D eigenvalue weighted by atomic mass is 32.2. The van der Waals surface area contributed by atoms with Gasteiger partial charge in [-0.2, -0.15) is 0 Å². The highest BCUT2D eigenvalue weighted by Crippen LogP contribution is 2.31. The van der Waals surface area contributed by atoms with Crippen molar-refractivity contribution in [2.75, 3.05) is 26.0 Å². The summed E-state index contributed by atoms with van der Waals surface area (Å²) in [4.78, 5) is 12.6. The van der Waals surface area contributed by atoms with E-state index in [0.717, 1.165) is 17.1 Å². The van der Waals surface area contributed by atoms with Crippen molar-refractivity contribution in [2.24, 2.45) is 0 Å². The molecule has 0 unspecified atom stereocenters. The zero-order valence-electron chi connectivity index (χ0n) is 19.0. The molecule has 35 heavy (non-hydrogen) atoms. The van der Waals surface area contributed by atoms with Gasteiger partial charge in [0.1, 0.15) is 24.2 Å². The van der Waals surface area contributed by atoms with Crippen LogP contribution in [0.25, 0.3) is 11.4 Å². The zero-order chi connectivity index (χ0) is 24.0. The Labute approximate surface area is 206 Å². The quantitative estimate of drug-likeness (QED) is 0.354. The first-order chi connectivity index (χ1) is 17.2. The standard InChI is InChI=1S/C25H24N4O5S/c1-31-18-7-4-6-17(12-18)24-27-28-25(29(24)14-19-8-5-11-32-19)35-16-23(30)26-13-20-15-33-21-9-2-3-10-22(21)34-20/h2-12,20H,13-16H2,1H3,(H,26,30)/t20-/m0/s1. The number of rotatable bonds is 9. The number of methoxy groups -OCH3 is 1. The zero-order valence-corrected chi connectivity index (χ0v) is 19.9. The molecule has 0 spiro atoms. The van der Waals surface area contributed by atoms with Crippen LogP contribution in [0.15, 0.2) is 76.5 Å². The number of benzene rings is 2. The van der Waals surface area contributed by atoms with Crippen molar-refractivity contribution in [3.8, 4) is 28.6 Å². The summed E-state index contributed by atoms with van der Waals surface area (Å²) in [6.45, 7) is 1.16. The SMILES string of the molecule is COc1cccc(-c2nnc(SCC(=O)NC[C@H]3COc4ccccc4O3)n2Cc2ccco2)c1. The number of furan rings is 1. The van der Waals surface area contributed by atoms with Crippen LogP contribution in [0.2, 0.25) is 0 Å². The number of para-hydroxylation sites is 2. The molecule has 2 aromatic carbocycles. The maximum Gasteiger partial charge on any atom is 0.230 e. The fraction of sp³-hybridized carbons (Fsp3) is 0.240. The van der Waals surface area contributed by atoms with Gasteiger partial charge < -0.3 is 23.9 Å². The monoisotopic (exact) mass is 492 g/mol. The second-order valence-corrected chi connectivity index (χ2v) is 8.74. The fourth-order valence-corrected chi connectivity index (χ4v) is 4.41. The van der Waals surface area contributed by atoms with Crippen LogP contribution in [0.3, 0.4) is 0 Å². The average molecular weight is 493 g/mol. The van der Waals surface area contributed by atoms with Crippen LogP contribution in [0, 0.1) is 0 Å². The van der Waals surface area contributed by atoms with E-state index in [2.05, 4.69) is 15.5 Å². The summed E-state index contributed by atoms with van der Waals surface area (Å²) < 4.78 is 24.4. The maximum absolute atomic E-state index is 12.6. The van der Waals surface area contributed by atoms with Gasteiger partial charge in [0, 0.05) is 5.56 Å². The van der Waals surface area contributed by atoms with E-state index in [-0.39, 0.29) is 17.8 Å². The molecule has 10 heteroatoms. The van der Waals surface area contributed by atoms with Crippen LogP contribution >= 0.6 is 11.8 Å². The van der Waals surface area contributed by atoms with Crippen molar-refractivity contribution < 1.29 is 23.4 Å². The Morgan fingerprint density at radius 1 is 1.14 bits per heavy atom. The molecule has 0 saturated carbocycles. The number of aromatic nitrogens is 3. The lowest BCUT2D eigenvalue weighted by Crippen LogP contribution is -2.41. The third-order valence-electron chi connectivity index (χ3n) is 5.37. The molecule has 2 aromatic heterocycles. The molecule has 1 aliphatic heterocycles. The van der Waals surface area contributed by atoms with E-state index in [1.165, 1.54) is 11.8 Å². The molecular weight excluding hydrogens is 468 g/mol. The lowest BCUT2D eigenvalue weighted by Gasteiger charge is -2.26. The van der Waals surface area contributed by atoms with Crippen LogP contribution in [-0.2, 0) is 11.3 Å². The van der Waals surface area contributed by atoms with Crippen molar-refractivity contribution in [1.29, 1.82) is 0 Å². The smallest absolute Gasteiger partial charge is 0.230 e. The van der Waals surface area contributed by atoms with Crippen molar-refractivity contribution >= 4 is 17.7 Å². The third-order valence-corrected chi connectivity index (χ3v) is 6.33. The third kappa shape index (κ3) is 5.43. The molecule has 0 saturated heterocycles. The van der Waals surface area contributed by atoms with Crippen LogP contribution in [0.4, 0.5) is 0 Å². The minimum Gasteiger partial charge on any atom is -0.497 e. The Morgan fingerprint density at radius 2 is 2.03 bits per heavy atom. The minimum atomic E-state index is -0.249. The number of hydrogen-bond acceptors (Lipinski definition) is 8. The van der Waals surface area contributed by atoms with Gasteiger partial charge in [-0.3, -0.25) is 9.36 Å². The van der Waals surface area contributed by atoms with E-state index in [4.69, 9.17) is 18.6 Å². The van der Waals surface area contributed by atoms with E-state index in [0.29, 0.717) is 42.2 Å². The van der Waals surface area contributed by atoms with E-state index in [1.54, 1.807) is 13.4 Å². The Balaban J connectivity index is 1.24. The second-order valence-electron chi connectivity index (χ2n) is 7.79. The van der Waals surface area contributed by atoms with Crippen LogP contribution < -0.4 is 19.5 Å². The summed E-state index contributed by atoms with van der Waals surface area (Å²) in [6.07, 6.45) is 1.38. The number of nitrogens with zero attached hydrogens (tertiary/aromatic N) is 3. The summed E-state index contributed by atoms with van der Waals surface area (Å²) in [5.74, 6) is 3.59. The first kappa shape index (κ1) is 22.9. The van der Waals surface area contributed by atoms with Gasteiger partial charge in [-0.05, 0) is 36.4 Å². The Kier molecular flexibility index (Phi) is 6.89. The first-order valence-electron chi connectivity index (χ1n) is 11.1. The lowest BCUT2D eigenvalue weighted by molar-refractivity contribution is -0.119. The van der Waals surface area contributed by atoms with Crippen LogP contribution in [0.5, 0.6) is 17.2 Å². The van der Waals surface area contributed by atoms with Gasteiger partial charge in [0.2, 0.25) is 5.91 Å². The molecule has 180 valence electrons. The largest absolute Gasteiger partial charge is 0.497 e. The molecule has 9 nitrogen and oxygen atoms in total. The topological polar surface area (TPSA) is 101 Å². The van der Waals surface area contributed by atoms with Crippen LogP contribution in [0.1, 0.15) is 5.76 Å². The van der Waals surface area contributed by atoms with Gasteiger partial charge >= 0.3 is 0 Å². The molecule has 0 aliphatic carbocycles. The van der Waals surface area contributed by atoms with Crippen molar-refractivity contribution in [3.05, 3.63) is 72.7 Å². The molecule has 4 aromatic rings. The fourth-order valence-electron chi connectivity index (χ4n) is 3.64. The number of hydrogen-bond donors (Lipinski definition) is 1. The lowest BCUT2D eigenvalue weighted by atomic mass is 10.2. The maximum atomic E-state index is 12.6. The Bertz CT molecular complexity index is 1290. The molecule has 1 amide bonds. The van der Waals surface area contributed by atoms with Gasteiger partial charge in [0.15, 0.2) is 22.5 Å². The molecule has 3 heterocycles. The van der Waals surface area contributed by atoms with Crippen LogP contribution in [-0.4, -0.2) is 52.8 Å². The summed E-state index contributed by atoms with van der Waals surface area (Å²) in [7, 11) is 1.62. The van der Waals surface area contributed by atoms with Crippen molar-refractivity contribution in [1.82, 2.24) is 20.1 Å². The van der Waals surface area contributed by atoms with E-state index in [1.807, 2.05) is 65.2 Å². The van der Waals surface area contributed by atoms with Crippen molar-refractivity contribution in [2.45, 2.75) is 17.8 Å². The second kappa shape index (κ2) is 10.6. The van der Waals surface area contributed by atoms with Gasteiger partial charge in [0.05, 0.1) is 32.2 Å². The minimum absolute atomic E-state index is 0.132. The van der Waals surface area contributed by atoms with Gasteiger partial charge in [-0.15, -0.1) is 10.2 Å². The summed E-state index contributed by atoms with van der Waals surface area (Å²) >= 11 is 1.31. The number of fused-ring (bicyclic) bond motifs is 1. The average Bonchev–Trinajstić information content (AvgIpc) is 3.56. The van der Waals surface area contributed by atoms with E-state index >= 15 is 0 Å². The number of carbonyl (C=O) groups is 1. The highest BCUT2D eigenvalue weighted by Gasteiger charge is 2.22. The predicted molar refractivity (Wildman–Crippen MR) is 130 cm³/mol.